The van der Waals surface area contributed by atoms with E-state index in [-0.39, 0.29) is 12.2 Å². The van der Waals surface area contributed by atoms with E-state index < -0.39 is 17.3 Å². The van der Waals surface area contributed by atoms with Gasteiger partial charge in [-0.15, -0.1) is 0 Å². The molecule has 3 aromatic rings. The van der Waals surface area contributed by atoms with Gasteiger partial charge < -0.3 is 5.73 Å². The van der Waals surface area contributed by atoms with E-state index in [2.05, 4.69) is 5.10 Å². The largest absolute Gasteiger partial charge is 0.417 e. The molecular formula is C18H13F3N4. The minimum absolute atomic E-state index is 0.152. The molecule has 0 atom stereocenters. The quantitative estimate of drug-likeness (QED) is 0.785. The van der Waals surface area contributed by atoms with Crippen LogP contribution in [0.3, 0.4) is 0 Å². The number of benzene rings is 2. The van der Waals surface area contributed by atoms with Gasteiger partial charge in [0.25, 0.3) is 0 Å². The summed E-state index contributed by atoms with van der Waals surface area (Å²) >= 11 is 0. The second-order valence-electron chi connectivity index (χ2n) is 5.34. The van der Waals surface area contributed by atoms with Crippen molar-refractivity contribution in [2.24, 2.45) is 5.73 Å². The first-order valence-corrected chi connectivity index (χ1v) is 7.40. The van der Waals surface area contributed by atoms with Crippen molar-refractivity contribution < 1.29 is 13.2 Å². The van der Waals surface area contributed by atoms with Crippen LogP contribution in [0.1, 0.15) is 16.8 Å². The first-order chi connectivity index (χ1) is 11.9. The molecule has 0 amide bonds. The third-order valence-corrected chi connectivity index (χ3v) is 3.76. The van der Waals surface area contributed by atoms with Crippen LogP contribution in [0.4, 0.5) is 13.2 Å². The zero-order valence-electron chi connectivity index (χ0n) is 13.0. The zero-order valence-corrected chi connectivity index (χ0v) is 13.0. The highest BCUT2D eigenvalue weighted by atomic mass is 19.4. The molecule has 0 spiro atoms. The summed E-state index contributed by atoms with van der Waals surface area (Å²) in [4.78, 5) is 0. The zero-order chi connectivity index (χ0) is 18.0. The Morgan fingerprint density at radius 3 is 2.44 bits per heavy atom. The molecule has 7 heteroatoms. The Labute approximate surface area is 141 Å². The number of aromatic nitrogens is 2. The Hall–Kier alpha value is -3.11. The lowest BCUT2D eigenvalue weighted by molar-refractivity contribution is -0.137. The minimum atomic E-state index is -4.62. The Bertz CT molecular complexity index is 937. The lowest BCUT2D eigenvalue weighted by Crippen LogP contribution is -2.09. The van der Waals surface area contributed by atoms with Crippen molar-refractivity contribution in [3.05, 3.63) is 71.5 Å². The molecule has 1 heterocycles. The summed E-state index contributed by atoms with van der Waals surface area (Å²) in [5.41, 5.74) is 6.72. The third-order valence-electron chi connectivity index (χ3n) is 3.76. The molecule has 2 aromatic carbocycles. The van der Waals surface area contributed by atoms with E-state index in [1.807, 2.05) is 30.3 Å². The average molecular weight is 342 g/mol. The van der Waals surface area contributed by atoms with Crippen molar-refractivity contribution in [2.75, 3.05) is 0 Å². The molecule has 0 unspecified atom stereocenters. The number of alkyl halides is 3. The number of nitrogens with two attached hydrogens (primary N) is 1. The molecule has 0 radical (unpaired) electrons. The summed E-state index contributed by atoms with van der Waals surface area (Å²) < 4.78 is 40.8. The number of halogens is 3. The first-order valence-electron chi connectivity index (χ1n) is 7.40. The average Bonchev–Trinajstić information content (AvgIpc) is 3.05. The highest BCUT2D eigenvalue weighted by Gasteiger charge is 2.34. The molecule has 0 saturated heterocycles. The summed E-state index contributed by atoms with van der Waals surface area (Å²) in [7, 11) is 0. The summed E-state index contributed by atoms with van der Waals surface area (Å²) in [6.45, 7) is 0.152. The summed E-state index contributed by atoms with van der Waals surface area (Å²) in [5, 5.41) is 13.2. The fraction of sp³-hybridized carbons (Fsp3) is 0.111. The maximum absolute atomic E-state index is 13.1. The predicted octanol–water partition coefficient (Wildman–Crippen LogP) is 3.89. The number of nitriles is 1. The normalized spacial score (nSPS) is 11.3. The van der Waals surface area contributed by atoms with Gasteiger partial charge in [0.2, 0.25) is 0 Å². The Morgan fingerprint density at radius 2 is 1.84 bits per heavy atom. The molecule has 0 aliphatic rings. The Kier molecular flexibility index (Phi) is 4.30. The molecule has 0 saturated carbocycles. The molecular weight excluding hydrogens is 329 g/mol. The highest BCUT2D eigenvalue weighted by Crippen LogP contribution is 2.33. The monoisotopic (exact) mass is 342 g/mol. The third kappa shape index (κ3) is 3.25. The maximum Gasteiger partial charge on any atom is 0.417 e. The molecule has 1 aromatic heterocycles. The van der Waals surface area contributed by atoms with Crippen molar-refractivity contribution in [1.29, 1.82) is 5.26 Å². The smallest absolute Gasteiger partial charge is 0.325 e. The molecule has 3 rings (SSSR count). The van der Waals surface area contributed by atoms with Crippen LogP contribution in [0, 0.1) is 11.3 Å². The van der Waals surface area contributed by atoms with Gasteiger partial charge in [-0.25, -0.2) is 4.68 Å². The van der Waals surface area contributed by atoms with Gasteiger partial charge in [-0.1, -0.05) is 30.3 Å². The Morgan fingerprint density at radius 1 is 1.12 bits per heavy atom. The molecule has 126 valence electrons. The maximum atomic E-state index is 13.1. The topological polar surface area (TPSA) is 67.6 Å². The van der Waals surface area contributed by atoms with Crippen molar-refractivity contribution in [1.82, 2.24) is 9.78 Å². The number of nitrogens with zero attached hydrogens (tertiary/aromatic N) is 3. The number of hydrogen-bond acceptors (Lipinski definition) is 3. The van der Waals surface area contributed by atoms with E-state index >= 15 is 0 Å². The first kappa shape index (κ1) is 16.7. The molecule has 25 heavy (non-hydrogen) atoms. The van der Waals surface area contributed by atoms with Crippen LogP contribution >= 0.6 is 0 Å². The van der Waals surface area contributed by atoms with Crippen LogP contribution in [0.5, 0.6) is 0 Å². The van der Waals surface area contributed by atoms with E-state index in [1.54, 1.807) is 12.3 Å². The van der Waals surface area contributed by atoms with Gasteiger partial charge in [-0.2, -0.15) is 23.5 Å². The second kappa shape index (κ2) is 6.42. The van der Waals surface area contributed by atoms with Gasteiger partial charge >= 0.3 is 6.18 Å². The second-order valence-corrected chi connectivity index (χ2v) is 5.34. The molecule has 0 fully saturated rings. The van der Waals surface area contributed by atoms with E-state index in [0.29, 0.717) is 5.69 Å². The van der Waals surface area contributed by atoms with Crippen molar-refractivity contribution in [3.63, 3.8) is 0 Å². The SMILES string of the molecule is N#Cc1ccc(-n2cc(-c3ccccc3)c(CN)n2)cc1C(F)(F)F. The van der Waals surface area contributed by atoms with Crippen LogP contribution in [-0.2, 0) is 12.7 Å². The highest BCUT2D eigenvalue weighted by molar-refractivity contribution is 5.66. The van der Waals surface area contributed by atoms with Gasteiger partial charge in [0, 0.05) is 18.3 Å². The van der Waals surface area contributed by atoms with Crippen LogP contribution < -0.4 is 5.73 Å². The fourth-order valence-corrected chi connectivity index (χ4v) is 2.56. The van der Waals surface area contributed by atoms with Crippen molar-refractivity contribution >= 4 is 0 Å². The minimum Gasteiger partial charge on any atom is -0.325 e. The summed E-state index contributed by atoms with van der Waals surface area (Å²) in [5.74, 6) is 0. The van der Waals surface area contributed by atoms with Gasteiger partial charge in [0.05, 0.1) is 28.6 Å². The van der Waals surface area contributed by atoms with E-state index in [1.165, 1.54) is 10.7 Å². The molecule has 2 N–H and O–H groups in total. The van der Waals surface area contributed by atoms with Crippen LogP contribution in [0.25, 0.3) is 16.8 Å². The Balaban J connectivity index is 2.12. The van der Waals surface area contributed by atoms with Crippen molar-refractivity contribution in [3.8, 4) is 22.9 Å². The molecule has 0 bridgehead atoms. The van der Waals surface area contributed by atoms with E-state index in [9.17, 15) is 13.2 Å². The molecule has 0 aliphatic heterocycles. The van der Waals surface area contributed by atoms with Gasteiger partial charge in [0.1, 0.15) is 0 Å². The standard InChI is InChI=1S/C18H13F3N4/c19-18(20,21)16-8-14(7-6-13(16)9-22)25-11-15(17(10-23)24-25)12-4-2-1-3-5-12/h1-8,11H,10,23H2. The van der Waals surface area contributed by atoms with Crippen LogP contribution in [0.2, 0.25) is 0 Å². The van der Waals surface area contributed by atoms with Gasteiger partial charge in [-0.3, -0.25) is 0 Å². The predicted molar refractivity (Wildman–Crippen MR) is 86.6 cm³/mol. The number of rotatable bonds is 3. The fourth-order valence-electron chi connectivity index (χ4n) is 2.56. The van der Waals surface area contributed by atoms with Gasteiger partial charge in [-0.05, 0) is 23.8 Å². The van der Waals surface area contributed by atoms with Crippen molar-refractivity contribution in [2.45, 2.75) is 12.7 Å². The van der Waals surface area contributed by atoms with Gasteiger partial charge in [0.15, 0.2) is 0 Å². The summed E-state index contributed by atoms with van der Waals surface area (Å²) in [6, 6.07) is 14.4. The lowest BCUT2D eigenvalue weighted by atomic mass is 10.1. The van der Waals surface area contributed by atoms with E-state index in [0.717, 1.165) is 23.3 Å². The number of hydrogen-bond donors (Lipinski definition) is 1. The van der Waals surface area contributed by atoms with Crippen LogP contribution in [-0.4, -0.2) is 9.78 Å². The van der Waals surface area contributed by atoms with Crippen LogP contribution in [0.15, 0.2) is 54.7 Å². The molecule has 0 aliphatic carbocycles. The lowest BCUT2D eigenvalue weighted by Gasteiger charge is -2.10. The molecule has 4 nitrogen and oxygen atoms in total. The van der Waals surface area contributed by atoms with E-state index in [4.69, 9.17) is 11.0 Å². The summed E-state index contributed by atoms with van der Waals surface area (Å²) in [6.07, 6.45) is -2.98.